The molecule has 0 spiro atoms. The van der Waals surface area contributed by atoms with Crippen LogP contribution in [0.4, 0.5) is 5.69 Å². The van der Waals surface area contributed by atoms with Crippen molar-refractivity contribution >= 4 is 5.69 Å². The van der Waals surface area contributed by atoms with Gasteiger partial charge in [-0.2, -0.15) is 0 Å². The van der Waals surface area contributed by atoms with Crippen LogP contribution in [0.1, 0.15) is 25.8 Å². The summed E-state index contributed by atoms with van der Waals surface area (Å²) in [5.41, 5.74) is 8.68. The molecule has 0 bridgehead atoms. The highest BCUT2D eigenvalue weighted by molar-refractivity contribution is 5.48. The fourth-order valence-electron chi connectivity index (χ4n) is 2.80. The first-order chi connectivity index (χ1) is 9.15. The lowest BCUT2D eigenvalue weighted by Crippen LogP contribution is -2.46. The molecule has 0 aromatic heterocycles. The van der Waals surface area contributed by atoms with Crippen molar-refractivity contribution in [3.8, 4) is 0 Å². The second-order valence-electron chi connectivity index (χ2n) is 5.66. The maximum absolute atomic E-state index is 5.94. The molecule has 1 saturated heterocycles. The molecule has 0 amide bonds. The monoisotopic (exact) mass is 261 g/mol. The Morgan fingerprint density at radius 1 is 1.26 bits per heavy atom. The minimum absolute atomic E-state index is 0.448. The van der Waals surface area contributed by atoms with Crippen LogP contribution in [0.2, 0.25) is 0 Å². The van der Waals surface area contributed by atoms with Crippen molar-refractivity contribution in [2.75, 3.05) is 31.6 Å². The molecular weight excluding hydrogens is 234 g/mol. The van der Waals surface area contributed by atoms with Crippen molar-refractivity contribution in [1.82, 2.24) is 4.90 Å². The lowest BCUT2D eigenvalue weighted by Gasteiger charge is -2.31. The van der Waals surface area contributed by atoms with Crippen molar-refractivity contribution in [2.45, 2.75) is 38.8 Å². The van der Waals surface area contributed by atoms with Gasteiger partial charge in [-0.1, -0.05) is 19.1 Å². The third-order valence-electron chi connectivity index (χ3n) is 4.50. The SMILES string of the molecule is CCc1ccc(N2CCC(C)N(C)C(CN)C2)cc1. The Morgan fingerprint density at radius 2 is 1.95 bits per heavy atom. The Morgan fingerprint density at radius 3 is 2.53 bits per heavy atom. The van der Waals surface area contributed by atoms with Crippen LogP contribution in [0.25, 0.3) is 0 Å². The van der Waals surface area contributed by atoms with Gasteiger partial charge in [0.2, 0.25) is 0 Å². The van der Waals surface area contributed by atoms with Gasteiger partial charge in [-0.3, -0.25) is 4.90 Å². The fourth-order valence-corrected chi connectivity index (χ4v) is 2.80. The zero-order valence-electron chi connectivity index (χ0n) is 12.5. The number of anilines is 1. The van der Waals surface area contributed by atoms with E-state index < -0.39 is 0 Å². The van der Waals surface area contributed by atoms with E-state index in [1.807, 2.05) is 0 Å². The Kier molecular flexibility index (Phi) is 4.83. The number of likely N-dealkylation sites (N-methyl/N-ethyl adjacent to an activating group) is 1. The summed E-state index contributed by atoms with van der Waals surface area (Å²) in [6.07, 6.45) is 2.30. The zero-order chi connectivity index (χ0) is 13.8. The van der Waals surface area contributed by atoms with Gasteiger partial charge in [-0.05, 0) is 44.5 Å². The highest BCUT2D eigenvalue weighted by atomic mass is 15.3. The van der Waals surface area contributed by atoms with E-state index in [-0.39, 0.29) is 0 Å². The molecule has 2 N–H and O–H groups in total. The Labute approximate surface area is 117 Å². The van der Waals surface area contributed by atoms with Gasteiger partial charge in [-0.15, -0.1) is 0 Å². The normalized spacial score (nSPS) is 25.4. The van der Waals surface area contributed by atoms with E-state index in [0.29, 0.717) is 12.1 Å². The summed E-state index contributed by atoms with van der Waals surface area (Å²) in [6.45, 7) is 7.37. The van der Waals surface area contributed by atoms with Gasteiger partial charge in [0.25, 0.3) is 0 Å². The van der Waals surface area contributed by atoms with Crippen LogP contribution < -0.4 is 10.6 Å². The summed E-state index contributed by atoms with van der Waals surface area (Å²) in [5.74, 6) is 0. The largest absolute Gasteiger partial charge is 0.370 e. The van der Waals surface area contributed by atoms with E-state index in [0.717, 1.165) is 26.1 Å². The van der Waals surface area contributed by atoms with Crippen LogP contribution in [-0.4, -0.2) is 43.7 Å². The predicted octanol–water partition coefficient (Wildman–Crippen LogP) is 2.11. The van der Waals surface area contributed by atoms with Crippen molar-refractivity contribution in [3.63, 3.8) is 0 Å². The highest BCUT2D eigenvalue weighted by Gasteiger charge is 2.25. The summed E-state index contributed by atoms with van der Waals surface area (Å²) in [6, 6.07) is 10.0. The molecule has 1 heterocycles. The molecule has 3 heteroatoms. The van der Waals surface area contributed by atoms with Gasteiger partial charge in [0.1, 0.15) is 0 Å². The van der Waals surface area contributed by atoms with E-state index in [1.54, 1.807) is 0 Å². The summed E-state index contributed by atoms with van der Waals surface area (Å²) >= 11 is 0. The maximum atomic E-state index is 5.94. The minimum atomic E-state index is 0.448. The average Bonchev–Trinajstić information content (AvgIpc) is 2.60. The topological polar surface area (TPSA) is 32.5 Å². The average molecular weight is 261 g/mol. The first-order valence-electron chi connectivity index (χ1n) is 7.41. The molecule has 0 radical (unpaired) electrons. The third kappa shape index (κ3) is 3.28. The number of hydrogen-bond donors (Lipinski definition) is 1. The van der Waals surface area contributed by atoms with Crippen LogP contribution in [0.3, 0.4) is 0 Å². The number of benzene rings is 1. The van der Waals surface area contributed by atoms with E-state index >= 15 is 0 Å². The lowest BCUT2D eigenvalue weighted by molar-refractivity contribution is 0.201. The van der Waals surface area contributed by atoms with Gasteiger partial charge >= 0.3 is 0 Å². The molecule has 2 atom stereocenters. The molecular formula is C16H27N3. The summed E-state index contributed by atoms with van der Waals surface area (Å²) in [4.78, 5) is 4.91. The van der Waals surface area contributed by atoms with Gasteiger partial charge in [0.05, 0.1) is 0 Å². The summed E-state index contributed by atoms with van der Waals surface area (Å²) < 4.78 is 0. The Bertz CT molecular complexity index is 387. The molecule has 1 aromatic rings. The van der Waals surface area contributed by atoms with Crippen molar-refractivity contribution in [1.29, 1.82) is 0 Å². The molecule has 19 heavy (non-hydrogen) atoms. The fraction of sp³-hybridized carbons (Fsp3) is 0.625. The van der Waals surface area contributed by atoms with Crippen LogP contribution in [0.5, 0.6) is 0 Å². The molecule has 1 aliphatic heterocycles. The van der Waals surface area contributed by atoms with Crippen molar-refractivity contribution in [3.05, 3.63) is 29.8 Å². The van der Waals surface area contributed by atoms with Gasteiger partial charge in [-0.25, -0.2) is 0 Å². The van der Waals surface area contributed by atoms with Crippen LogP contribution in [-0.2, 0) is 6.42 Å². The molecule has 2 rings (SSSR count). The predicted molar refractivity (Wildman–Crippen MR) is 82.7 cm³/mol. The second kappa shape index (κ2) is 6.40. The standard InChI is InChI=1S/C16H27N3/c1-4-14-5-7-15(8-6-14)19-10-9-13(2)18(3)16(11-17)12-19/h5-8,13,16H,4,9-12,17H2,1-3H3. The molecule has 3 nitrogen and oxygen atoms in total. The van der Waals surface area contributed by atoms with E-state index in [2.05, 4.69) is 55.0 Å². The molecule has 0 saturated carbocycles. The quantitative estimate of drug-likeness (QED) is 0.904. The number of hydrogen-bond acceptors (Lipinski definition) is 3. The number of rotatable bonds is 3. The number of nitrogens with two attached hydrogens (primary N) is 1. The maximum Gasteiger partial charge on any atom is 0.0393 e. The van der Waals surface area contributed by atoms with E-state index in [9.17, 15) is 0 Å². The lowest BCUT2D eigenvalue weighted by atomic mass is 10.1. The van der Waals surface area contributed by atoms with Crippen LogP contribution in [0, 0.1) is 0 Å². The molecule has 106 valence electrons. The third-order valence-corrected chi connectivity index (χ3v) is 4.50. The summed E-state index contributed by atoms with van der Waals surface area (Å²) in [7, 11) is 2.20. The van der Waals surface area contributed by atoms with Crippen LogP contribution in [0.15, 0.2) is 24.3 Å². The van der Waals surface area contributed by atoms with Gasteiger partial charge in [0, 0.05) is 37.4 Å². The van der Waals surface area contributed by atoms with E-state index in [1.165, 1.54) is 17.7 Å². The minimum Gasteiger partial charge on any atom is -0.370 e. The number of nitrogens with zero attached hydrogens (tertiary/aromatic N) is 2. The van der Waals surface area contributed by atoms with Gasteiger partial charge in [0.15, 0.2) is 0 Å². The van der Waals surface area contributed by atoms with Gasteiger partial charge < -0.3 is 10.6 Å². The summed E-state index contributed by atoms with van der Waals surface area (Å²) in [5, 5.41) is 0. The smallest absolute Gasteiger partial charge is 0.0393 e. The first-order valence-corrected chi connectivity index (χ1v) is 7.41. The number of aryl methyl sites for hydroxylation is 1. The zero-order valence-corrected chi connectivity index (χ0v) is 12.5. The molecule has 1 fully saturated rings. The Balaban J connectivity index is 2.14. The molecule has 1 aliphatic rings. The second-order valence-corrected chi connectivity index (χ2v) is 5.66. The molecule has 1 aromatic carbocycles. The molecule has 2 unspecified atom stereocenters. The van der Waals surface area contributed by atoms with E-state index in [4.69, 9.17) is 5.73 Å². The Hall–Kier alpha value is -1.06. The van der Waals surface area contributed by atoms with Crippen molar-refractivity contribution in [2.24, 2.45) is 5.73 Å². The molecule has 0 aliphatic carbocycles. The highest BCUT2D eigenvalue weighted by Crippen LogP contribution is 2.21. The first kappa shape index (κ1) is 14.4. The van der Waals surface area contributed by atoms with Crippen molar-refractivity contribution < 1.29 is 0 Å². The van der Waals surface area contributed by atoms with Crippen LogP contribution >= 0.6 is 0 Å².